The van der Waals surface area contributed by atoms with E-state index >= 15 is 0 Å². The average Bonchev–Trinajstić information content (AvgIpc) is 3.57. The monoisotopic (exact) mass is 411 g/mol. The molecule has 30 heavy (non-hydrogen) atoms. The Balaban J connectivity index is 1.90. The number of nitrogens with zero attached hydrogens (tertiary/aromatic N) is 2. The second kappa shape index (κ2) is 9.28. The predicted molar refractivity (Wildman–Crippen MR) is 118 cm³/mol. The largest absolute Gasteiger partial charge is 0.377 e. The van der Waals surface area contributed by atoms with E-state index < -0.39 is 0 Å². The first-order valence-corrected chi connectivity index (χ1v) is 10.5. The van der Waals surface area contributed by atoms with Gasteiger partial charge >= 0.3 is 0 Å². The number of rotatable bonds is 8. The molecule has 1 fully saturated rings. The molecule has 1 saturated carbocycles. The fraction of sp³-hybridized carbons (Fsp3) is 0.417. The van der Waals surface area contributed by atoms with E-state index in [1.165, 1.54) is 24.3 Å². The van der Waals surface area contributed by atoms with Crippen molar-refractivity contribution in [1.29, 1.82) is 0 Å². The third-order valence-electron chi connectivity index (χ3n) is 5.59. The van der Waals surface area contributed by atoms with Crippen molar-refractivity contribution < 1.29 is 14.0 Å². The topological polar surface area (TPSA) is 52.7 Å². The summed E-state index contributed by atoms with van der Waals surface area (Å²) in [5.41, 5.74) is 3.14. The van der Waals surface area contributed by atoms with Crippen LogP contribution in [0.2, 0.25) is 0 Å². The SMILES string of the molecule is CCC(C)N(Cc1cc(NC(=O)C2CC2)ccc1N(C)C)C(=O)c1ccc(F)cc1. The molecule has 1 unspecified atom stereocenters. The van der Waals surface area contributed by atoms with Gasteiger partial charge in [-0.05, 0) is 74.2 Å². The van der Waals surface area contributed by atoms with Crippen LogP contribution in [0.3, 0.4) is 0 Å². The van der Waals surface area contributed by atoms with Gasteiger partial charge in [0.1, 0.15) is 5.82 Å². The molecule has 1 aliphatic rings. The minimum absolute atomic E-state index is 0.00211. The molecule has 5 nitrogen and oxygen atoms in total. The summed E-state index contributed by atoms with van der Waals surface area (Å²) < 4.78 is 13.3. The predicted octanol–water partition coefficient (Wildman–Crippen LogP) is 4.68. The number of hydrogen-bond donors (Lipinski definition) is 1. The zero-order chi connectivity index (χ0) is 21.8. The fourth-order valence-electron chi connectivity index (χ4n) is 3.41. The number of hydrogen-bond acceptors (Lipinski definition) is 3. The van der Waals surface area contributed by atoms with Gasteiger partial charge in [0.2, 0.25) is 5.91 Å². The van der Waals surface area contributed by atoms with Crippen molar-refractivity contribution in [1.82, 2.24) is 4.90 Å². The van der Waals surface area contributed by atoms with Crippen molar-refractivity contribution in [3.8, 4) is 0 Å². The molecule has 1 aliphatic carbocycles. The van der Waals surface area contributed by atoms with Crippen LogP contribution in [0.25, 0.3) is 0 Å². The molecule has 0 aromatic heterocycles. The summed E-state index contributed by atoms with van der Waals surface area (Å²) in [6.45, 7) is 4.44. The average molecular weight is 412 g/mol. The molecule has 2 amide bonds. The van der Waals surface area contributed by atoms with Crippen LogP contribution in [0.5, 0.6) is 0 Å². The normalized spacial score (nSPS) is 14.2. The van der Waals surface area contributed by atoms with Crippen molar-refractivity contribution in [2.75, 3.05) is 24.3 Å². The molecule has 3 rings (SSSR count). The van der Waals surface area contributed by atoms with E-state index in [2.05, 4.69) is 5.32 Å². The van der Waals surface area contributed by atoms with Gasteiger partial charge in [-0.15, -0.1) is 0 Å². The Bertz CT molecular complexity index is 907. The van der Waals surface area contributed by atoms with Gasteiger partial charge in [0.05, 0.1) is 0 Å². The number of nitrogens with one attached hydrogen (secondary N) is 1. The number of amides is 2. The van der Waals surface area contributed by atoms with Crippen LogP contribution < -0.4 is 10.2 Å². The third kappa shape index (κ3) is 5.17. The van der Waals surface area contributed by atoms with Gasteiger partial charge in [0.25, 0.3) is 5.91 Å². The van der Waals surface area contributed by atoms with Gasteiger partial charge in [-0.3, -0.25) is 9.59 Å². The maximum atomic E-state index is 13.3. The highest BCUT2D eigenvalue weighted by Crippen LogP contribution is 2.31. The van der Waals surface area contributed by atoms with E-state index in [-0.39, 0.29) is 29.6 Å². The van der Waals surface area contributed by atoms with Crippen LogP contribution in [0.4, 0.5) is 15.8 Å². The van der Waals surface area contributed by atoms with Crippen LogP contribution in [0.1, 0.15) is 49.0 Å². The highest BCUT2D eigenvalue weighted by Gasteiger charge is 2.30. The minimum atomic E-state index is -0.365. The maximum absolute atomic E-state index is 13.3. The number of carbonyl (C=O) groups excluding carboxylic acids is 2. The first kappa shape index (κ1) is 21.8. The van der Waals surface area contributed by atoms with Gasteiger partial charge in [0.15, 0.2) is 0 Å². The van der Waals surface area contributed by atoms with E-state index in [0.29, 0.717) is 12.1 Å². The summed E-state index contributed by atoms with van der Waals surface area (Å²) in [5, 5.41) is 2.99. The standard InChI is InChI=1S/C24H30FN3O2/c1-5-16(2)28(24(30)18-8-10-20(25)11-9-18)15-19-14-21(12-13-22(19)27(3)4)26-23(29)17-6-7-17/h8-14,16-17H,5-7,15H2,1-4H3,(H,26,29). The molecule has 160 valence electrons. The highest BCUT2D eigenvalue weighted by atomic mass is 19.1. The molecular formula is C24H30FN3O2. The second-order valence-corrected chi connectivity index (χ2v) is 8.20. The van der Waals surface area contributed by atoms with Crippen molar-refractivity contribution >= 4 is 23.2 Å². The fourth-order valence-corrected chi connectivity index (χ4v) is 3.41. The molecule has 2 aromatic rings. The molecule has 0 heterocycles. The van der Waals surface area contributed by atoms with Gasteiger partial charge < -0.3 is 15.1 Å². The van der Waals surface area contributed by atoms with E-state index in [1.807, 2.05) is 55.9 Å². The molecule has 0 spiro atoms. The third-order valence-corrected chi connectivity index (χ3v) is 5.59. The molecule has 0 bridgehead atoms. The number of carbonyl (C=O) groups is 2. The summed E-state index contributed by atoms with van der Waals surface area (Å²) in [6, 6.07) is 11.5. The quantitative estimate of drug-likeness (QED) is 0.686. The lowest BCUT2D eigenvalue weighted by molar-refractivity contribution is -0.117. The van der Waals surface area contributed by atoms with E-state index in [1.54, 1.807) is 0 Å². The zero-order valence-corrected chi connectivity index (χ0v) is 18.1. The van der Waals surface area contributed by atoms with E-state index in [4.69, 9.17) is 0 Å². The molecule has 0 aliphatic heterocycles. The zero-order valence-electron chi connectivity index (χ0n) is 18.1. The van der Waals surface area contributed by atoms with E-state index in [9.17, 15) is 14.0 Å². The number of anilines is 2. The number of halogens is 1. The van der Waals surface area contributed by atoms with Crippen molar-refractivity contribution in [2.24, 2.45) is 5.92 Å². The van der Waals surface area contributed by atoms with Gasteiger partial charge in [-0.1, -0.05) is 6.92 Å². The molecule has 1 atom stereocenters. The lowest BCUT2D eigenvalue weighted by Gasteiger charge is -2.31. The summed E-state index contributed by atoms with van der Waals surface area (Å²) in [5.74, 6) is -0.324. The first-order valence-electron chi connectivity index (χ1n) is 10.5. The van der Waals surface area contributed by atoms with Crippen LogP contribution in [0, 0.1) is 11.7 Å². The molecule has 0 radical (unpaired) electrons. The second-order valence-electron chi connectivity index (χ2n) is 8.20. The molecule has 1 N–H and O–H groups in total. The van der Waals surface area contributed by atoms with Crippen molar-refractivity contribution in [2.45, 2.75) is 45.7 Å². The lowest BCUT2D eigenvalue weighted by atomic mass is 10.1. The highest BCUT2D eigenvalue weighted by molar-refractivity contribution is 5.95. The Labute approximate surface area is 177 Å². The summed E-state index contributed by atoms with van der Waals surface area (Å²) in [6.07, 6.45) is 2.69. The Morgan fingerprint density at radius 2 is 1.80 bits per heavy atom. The van der Waals surface area contributed by atoms with Crippen LogP contribution in [-0.4, -0.2) is 36.9 Å². The minimum Gasteiger partial charge on any atom is -0.377 e. The Hall–Kier alpha value is -2.89. The van der Waals surface area contributed by atoms with Gasteiger partial charge in [-0.25, -0.2) is 4.39 Å². The summed E-state index contributed by atoms with van der Waals surface area (Å²) >= 11 is 0. The van der Waals surface area contributed by atoms with Gasteiger partial charge in [0, 0.05) is 49.5 Å². The van der Waals surface area contributed by atoms with Crippen LogP contribution in [-0.2, 0) is 11.3 Å². The summed E-state index contributed by atoms with van der Waals surface area (Å²) in [4.78, 5) is 29.2. The smallest absolute Gasteiger partial charge is 0.254 e. The first-order chi connectivity index (χ1) is 14.3. The Morgan fingerprint density at radius 3 is 2.37 bits per heavy atom. The van der Waals surface area contributed by atoms with Crippen molar-refractivity contribution in [3.63, 3.8) is 0 Å². The van der Waals surface area contributed by atoms with Gasteiger partial charge in [-0.2, -0.15) is 0 Å². The molecule has 2 aromatic carbocycles. The maximum Gasteiger partial charge on any atom is 0.254 e. The summed E-state index contributed by atoms with van der Waals surface area (Å²) in [7, 11) is 3.91. The number of benzene rings is 2. The Morgan fingerprint density at radius 1 is 1.13 bits per heavy atom. The molecule has 6 heteroatoms. The van der Waals surface area contributed by atoms with Crippen molar-refractivity contribution in [3.05, 3.63) is 59.4 Å². The van der Waals surface area contributed by atoms with Crippen LogP contribution in [0.15, 0.2) is 42.5 Å². The lowest BCUT2D eigenvalue weighted by Crippen LogP contribution is -2.38. The molecular weight excluding hydrogens is 381 g/mol. The Kier molecular flexibility index (Phi) is 6.75. The molecule has 0 saturated heterocycles. The van der Waals surface area contributed by atoms with E-state index in [0.717, 1.165) is 36.2 Å². The van der Waals surface area contributed by atoms with Crippen LogP contribution >= 0.6 is 0 Å².